The Morgan fingerprint density at radius 3 is 3.09 bits per heavy atom. The van der Waals surface area contributed by atoms with Crippen molar-refractivity contribution >= 4 is 5.82 Å². The Balaban J connectivity index is 1.36. The standard InChI is InChI=1S/C17H22N4O2/c1-12(14-2-3-15-16(8-14)23-7-6-22-15)18-9-13-10-19-17-4-5-20-21(17)11-13/h2-5,8,12-13,18-19H,6-7,9-11H2,1H3/t12-,13-/m1/s1. The third-order valence-corrected chi connectivity index (χ3v) is 4.50. The molecule has 2 atom stereocenters. The van der Waals surface area contributed by atoms with E-state index in [0.717, 1.165) is 37.0 Å². The molecule has 0 aliphatic carbocycles. The van der Waals surface area contributed by atoms with E-state index in [-0.39, 0.29) is 6.04 Å². The van der Waals surface area contributed by atoms with Gasteiger partial charge in [-0.25, -0.2) is 4.68 Å². The maximum atomic E-state index is 5.66. The van der Waals surface area contributed by atoms with Gasteiger partial charge in [0.15, 0.2) is 11.5 Å². The molecule has 6 heteroatoms. The number of hydrogen-bond donors (Lipinski definition) is 2. The minimum Gasteiger partial charge on any atom is -0.486 e. The van der Waals surface area contributed by atoms with E-state index in [1.54, 1.807) is 0 Å². The van der Waals surface area contributed by atoms with E-state index in [1.807, 2.05) is 23.0 Å². The first-order chi connectivity index (χ1) is 11.3. The molecule has 6 nitrogen and oxygen atoms in total. The number of rotatable bonds is 4. The topological polar surface area (TPSA) is 60.3 Å². The van der Waals surface area contributed by atoms with Crippen LogP contribution >= 0.6 is 0 Å². The highest BCUT2D eigenvalue weighted by atomic mass is 16.6. The van der Waals surface area contributed by atoms with Gasteiger partial charge < -0.3 is 20.1 Å². The van der Waals surface area contributed by atoms with Crippen LogP contribution < -0.4 is 20.1 Å². The summed E-state index contributed by atoms with van der Waals surface area (Å²) in [6, 6.07) is 8.47. The summed E-state index contributed by atoms with van der Waals surface area (Å²) < 4.78 is 13.3. The Hall–Kier alpha value is -2.21. The molecule has 2 aliphatic heterocycles. The zero-order valence-electron chi connectivity index (χ0n) is 13.3. The predicted molar refractivity (Wildman–Crippen MR) is 88.1 cm³/mol. The molecule has 0 fully saturated rings. The Bertz CT molecular complexity index is 685. The zero-order valence-corrected chi connectivity index (χ0v) is 13.3. The van der Waals surface area contributed by atoms with Crippen LogP contribution in [-0.4, -0.2) is 36.1 Å². The second kappa shape index (κ2) is 6.12. The van der Waals surface area contributed by atoms with Crippen LogP contribution in [0.1, 0.15) is 18.5 Å². The maximum absolute atomic E-state index is 5.66. The highest BCUT2D eigenvalue weighted by Gasteiger charge is 2.19. The van der Waals surface area contributed by atoms with Crippen LogP contribution in [-0.2, 0) is 6.54 Å². The third-order valence-electron chi connectivity index (χ3n) is 4.50. The van der Waals surface area contributed by atoms with Gasteiger partial charge in [0.05, 0.1) is 6.20 Å². The van der Waals surface area contributed by atoms with Crippen molar-refractivity contribution in [2.24, 2.45) is 5.92 Å². The number of nitrogens with zero attached hydrogens (tertiary/aromatic N) is 2. The number of ether oxygens (including phenoxy) is 2. The van der Waals surface area contributed by atoms with Gasteiger partial charge >= 0.3 is 0 Å². The zero-order chi connectivity index (χ0) is 15.6. The van der Waals surface area contributed by atoms with Crippen molar-refractivity contribution in [1.29, 1.82) is 0 Å². The van der Waals surface area contributed by atoms with Crippen LogP contribution in [0.2, 0.25) is 0 Å². The molecule has 2 N–H and O–H groups in total. The van der Waals surface area contributed by atoms with E-state index in [4.69, 9.17) is 9.47 Å². The molecule has 122 valence electrons. The quantitative estimate of drug-likeness (QED) is 0.904. The van der Waals surface area contributed by atoms with Crippen molar-refractivity contribution < 1.29 is 9.47 Å². The Labute approximate surface area is 135 Å². The number of hydrogen-bond acceptors (Lipinski definition) is 5. The Kier molecular flexibility index (Phi) is 3.83. The first-order valence-corrected chi connectivity index (χ1v) is 8.18. The molecular formula is C17H22N4O2. The molecule has 0 spiro atoms. The summed E-state index contributed by atoms with van der Waals surface area (Å²) in [5.74, 6) is 3.33. The molecule has 2 aromatic rings. The third kappa shape index (κ3) is 2.99. The Morgan fingerprint density at radius 1 is 1.30 bits per heavy atom. The lowest BCUT2D eigenvalue weighted by Gasteiger charge is -2.27. The fourth-order valence-electron chi connectivity index (χ4n) is 3.11. The van der Waals surface area contributed by atoms with Crippen molar-refractivity contribution in [2.75, 3.05) is 31.6 Å². The van der Waals surface area contributed by atoms with Gasteiger partial charge in [-0.1, -0.05) is 6.07 Å². The molecule has 1 aromatic carbocycles. The van der Waals surface area contributed by atoms with E-state index in [9.17, 15) is 0 Å². The summed E-state index contributed by atoms with van der Waals surface area (Å²) >= 11 is 0. The van der Waals surface area contributed by atoms with Crippen molar-refractivity contribution in [3.8, 4) is 11.5 Å². The van der Waals surface area contributed by atoms with E-state index in [0.29, 0.717) is 19.1 Å². The van der Waals surface area contributed by atoms with Crippen LogP contribution in [0.5, 0.6) is 11.5 Å². The summed E-state index contributed by atoms with van der Waals surface area (Å²) in [5.41, 5.74) is 1.22. The van der Waals surface area contributed by atoms with E-state index >= 15 is 0 Å². The van der Waals surface area contributed by atoms with Gasteiger partial charge in [0.2, 0.25) is 0 Å². The second-order valence-corrected chi connectivity index (χ2v) is 6.18. The van der Waals surface area contributed by atoms with Gasteiger partial charge in [-0.2, -0.15) is 5.10 Å². The molecule has 1 aromatic heterocycles. The van der Waals surface area contributed by atoms with Gasteiger partial charge in [0.1, 0.15) is 19.0 Å². The lowest BCUT2D eigenvalue weighted by molar-refractivity contribution is 0.171. The monoisotopic (exact) mass is 314 g/mol. The number of fused-ring (bicyclic) bond motifs is 2. The fourth-order valence-corrected chi connectivity index (χ4v) is 3.11. The number of aromatic nitrogens is 2. The second-order valence-electron chi connectivity index (χ2n) is 6.18. The highest BCUT2D eigenvalue weighted by molar-refractivity contribution is 5.44. The van der Waals surface area contributed by atoms with Crippen LogP contribution in [0.15, 0.2) is 30.5 Å². The Morgan fingerprint density at radius 2 is 2.17 bits per heavy atom. The first kappa shape index (κ1) is 14.4. The average molecular weight is 314 g/mol. The number of benzene rings is 1. The molecule has 0 amide bonds. The number of anilines is 1. The number of nitrogens with one attached hydrogen (secondary N) is 2. The van der Waals surface area contributed by atoms with Crippen LogP contribution in [0.25, 0.3) is 0 Å². The maximum Gasteiger partial charge on any atom is 0.161 e. The largest absolute Gasteiger partial charge is 0.486 e. The van der Waals surface area contributed by atoms with Gasteiger partial charge in [0, 0.05) is 37.7 Å². The van der Waals surface area contributed by atoms with Crippen LogP contribution in [0.3, 0.4) is 0 Å². The van der Waals surface area contributed by atoms with Crippen molar-refractivity contribution in [3.63, 3.8) is 0 Å². The van der Waals surface area contributed by atoms with Crippen molar-refractivity contribution in [2.45, 2.75) is 19.5 Å². The average Bonchev–Trinajstić information content (AvgIpc) is 3.07. The summed E-state index contributed by atoms with van der Waals surface area (Å²) in [6.07, 6.45) is 1.84. The molecule has 2 aliphatic rings. The van der Waals surface area contributed by atoms with Crippen LogP contribution in [0, 0.1) is 5.92 Å². The van der Waals surface area contributed by atoms with Gasteiger partial charge in [-0.05, 0) is 24.6 Å². The lowest BCUT2D eigenvalue weighted by Crippen LogP contribution is -2.36. The molecule has 0 bridgehead atoms. The molecule has 0 saturated carbocycles. The first-order valence-electron chi connectivity index (χ1n) is 8.18. The SMILES string of the molecule is C[C@@H](NC[C@@H]1CNc2ccnn2C1)c1ccc2c(c1)OCCO2. The molecule has 0 radical (unpaired) electrons. The fraction of sp³-hybridized carbons (Fsp3) is 0.471. The summed E-state index contributed by atoms with van der Waals surface area (Å²) in [6.45, 7) is 6.31. The van der Waals surface area contributed by atoms with Gasteiger partial charge in [0.25, 0.3) is 0 Å². The summed E-state index contributed by atoms with van der Waals surface area (Å²) in [4.78, 5) is 0. The van der Waals surface area contributed by atoms with E-state index in [2.05, 4.69) is 34.8 Å². The molecule has 23 heavy (non-hydrogen) atoms. The minimum absolute atomic E-state index is 0.268. The van der Waals surface area contributed by atoms with E-state index < -0.39 is 0 Å². The van der Waals surface area contributed by atoms with Gasteiger partial charge in [-0.3, -0.25) is 0 Å². The molecular weight excluding hydrogens is 292 g/mol. The summed E-state index contributed by atoms with van der Waals surface area (Å²) in [5, 5.41) is 11.4. The predicted octanol–water partition coefficient (Wildman–Crippen LogP) is 2.05. The van der Waals surface area contributed by atoms with E-state index in [1.165, 1.54) is 5.56 Å². The van der Waals surface area contributed by atoms with Gasteiger partial charge in [-0.15, -0.1) is 0 Å². The normalized spacial score (nSPS) is 20.5. The smallest absolute Gasteiger partial charge is 0.161 e. The molecule has 3 heterocycles. The summed E-state index contributed by atoms with van der Waals surface area (Å²) in [7, 11) is 0. The van der Waals surface area contributed by atoms with Crippen LogP contribution in [0.4, 0.5) is 5.82 Å². The lowest BCUT2D eigenvalue weighted by atomic mass is 10.0. The molecule has 0 unspecified atom stereocenters. The molecule has 4 rings (SSSR count). The van der Waals surface area contributed by atoms with Crippen molar-refractivity contribution in [3.05, 3.63) is 36.0 Å². The molecule has 0 saturated heterocycles. The van der Waals surface area contributed by atoms with Crippen molar-refractivity contribution in [1.82, 2.24) is 15.1 Å². The highest BCUT2D eigenvalue weighted by Crippen LogP contribution is 2.32. The minimum atomic E-state index is 0.268.